The first kappa shape index (κ1) is 54.9. The van der Waals surface area contributed by atoms with E-state index in [1.165, 1.54) is 44.9 Å². The van der Waals surface area contributed by atoms with Gasteiger partial charge in [0.2, 0.25) is 0 Å². The van der Waals surface area contributed by atoms with Crippen LogP contribution in [0, 0.1) is 0 Å². The lowest BCUT2D eigenvalue weighted by Gasteiger charge is -2.19. The summed E-state index contributed by atoms with van der Waals surface area (Å²) in [5.41, 5.74) is 5.34. The number of esters is 2. The number of aliphatic hydroxyl groups is 1. The maximum Gasteiger partial charge on any atom is 0.472 e. The van der Waals surface area contributed by atoms with Crippen LogP contribution in [-0.4, -0.2) is 60.5 Å². The second-order valence-electron chi connectivity index (χ2n) is 14.0. The van der Waals surface area contributed by atoms with Crippen LogP contribution in [0.2, 0.25) is 0 Å². The third-order valence-electron chi connectivity index (χ3n) is 8.55. The van der Waals surface area contributed by atoms with E-state index in [1.807, 2.05) is 18.2 Å². The highest BCUT2D eigenvalue weighted by Crippen LogP contribution is 2.43. The zero-order valence-electron chi connectivity index (χ0n) is 35.8. The maximum atomic E-state index is 12.6. The molecule has 2 unspecified atom stereocenters. The summed E-state index contributed by atoms with van der Waals surface area (Å²) >= 11 is 0. The number of phosphoric ester groups is 1. The fraction of sp³-hybridized carbons (Fsp3) is 0.617. The molecule has 330 valence electrons. The number of hydrogen-bond donors (Lipinski definition) is 3. The molecule has 0 saturated carbocycles. The third-order valence-corrected chi connectivity index (χ3v) is 9.53. The summed E-state index contributed by atoms with van der Waals surface area (Å²) in [4.78, 5) is 34.9. The summed E-state index contributed by atoms with van der Waals surface area (Å²) in [6, 6.07) is 0. The van der Waals surface area contributed by atoms with E-state index in [0.29, 0.717) is 19.3 Å². The number of allylic oxidation sites excluding steroid dienone is 14. The van der Waals surface area contributed by atoms with E-state index in [-0.39, 0.29) is 32.6 Å². The fourth-order valence-corrected chi connectivity index (χ4v) is 6.07. The van der Waals surface area contributed by atoms with Gasteiger partial charge >= 0.3 is 19.8 Å². The largest absolute Gasteiger partial charge is 0.472 e. The zero-order chi connectivity index (χ0) is 42.6. The van der Waals surface area contributed by atoms with Crippen LogP contribution in [0.25, 0.3) is 0 Å². The lowest BCUT2D eigenvalue weighted by molar-refractivity contribution is -0.161. The Balaban J connectivity index is 4.41. The molecule has 0 aliphatic rings. The number of ether oxygens (including phenoxy) is 2. The quantitative estimate of drug-likeness (QED) is 0.0179. The second-order valence-corrected chi connectivity index (χ2v) is 15.5. The molecular weight excluding hydrogens is 753 g/mol. The van der Waals surface area contributed by atoms with Crippen LogP contribution in [0.4, 0.5) is 0 Å². The van der Waals surface area contributed by atoms with Crippen molar-refractivity contribution in [3.63, 3.8) is 0 Å². The lowest BCUT2D eigenvalue weighted by Crippen LogP contribution is -2.29. The van der Waals surface area contributed by atoms with Gasteiger partial charge in [0.05, 0.1) is 19.3 Å². The molecule has 0 heterocycles. The van der Waals surface area contributed by atoms with E-state index in [9.17, 15) is 24.2 Å². The molecule has 0 spiro atoms. The minimum absolute atomic E-state index is 0.0167. The van der Waals surface area contributed by atoms with Crippen molar-refractivity contribution in [1.29, 1.82) is 0 Å². The third kappa shape index (κ3) is 41.1. The minimum atomic E-state index is -4.43. The van der Waals surface area contributed by atoms with Gasteiger partial charge in [-0.05, 0) is 77.0 Å². The average Bonchev–Trinajstić information content (AvgIpc) is 3.20. The van der Waals surface area contributed by atoms with Crippen LogP contribution < -0.4 is 5.73 Å². The SMILES string of the molecule is CC/C=C\C/C=C\C/C=C\C/C=C\C=C/C(O)C/C=C\CCC(=O)O[C@H](COC(=O)CCCCCCCCC/C=C\C/C=C\CCCCC)COP(=O)(O)OCCN. The molecule has 0 saturated heterocycles. The number of nitrogens with two attached hydrogens (primary N) is 1. The van der Waals surface area contributed by atoms with Crippen molar-refractivity contribution in [1.82, 2.24) is 0 Å². The first-order chi connectivity index (χ1) is 28.2. The van der Waals surface area contributed by atoms with Crippen molar-refractivity contribution in [2.75, 3.05) is 26.4 Å². The van der Waals surface area contributed by atoms with Gasteiger partial charge < -0.3 is 25.2 Å². The minimum Gasteiger partial charge on any atom is -0.462 e. The lowest BCUT2D eigenvalue weighted by atomic mass is 10.1. The van der Waals surface area contributed by atoms with Crippen LogP contribution in [0.15, 0.2) is 97.2 Å². The first-order valence-corrected chi connectivity index (χ1v) is 23.3. The van der Waals surface area contributed by atoms with Crippen molar-refractivity contribution >= 4 is 19.8 Å². The monoisotopic (exact) mass is 832 g/mol. The highest BCUT2D eigenvalue weighted by Gasteiger charge is 2.25. The van der Waals surface area contributed by atoms with Gasteiger partial charge in [0, 0.05) is 19.4 Å². The number of unbranched alkanes of at least 4 members (excludes halogenated alkanes) is 10. The topological polar surface area (TPSA) is 155 Å². The zero-order valence-corrected chi connectivity index (χ0v) is 36.7. The van der Waals surface area contributed by atoms with E-state index < -0.39 is 38.6 Å². The number of carbonyl (C=O) groups excluding carboxylic acids is 2. The van der Waals surface area contributed by atoms with Gasteiger partial charge in [0.25, 0.3) is 0 Å². The second kappa shape index (κ2) is 42.0. The summed E-state index contributed by atoms with van der Waals surface area (Å²) in [6.07, 6.45) is 50.4. The van der Waals surface area contributed by atoms with Gasteiger partial charge in [-0.2, -0.15) is 0 Å². The molecule has 4 N–H and O–H groups in total. The van der Waals surface area contributed by atoms with Crippen molar-refractivity contribution in [3.8, 4) is 0 Å². The van der Waals surface area contributed by atoms with Crippen molar-refractivity contribution in [2.24, 2.45) is 5.73 Å². The smallest absolute Gasteiger partial charge is 0.462 e. The molecular formula is C47H78NO9P. The molecule has 0 rings (SSSR count). The predicted octanol–water partition coefficient (Wildman–Crippen LogP) is 11.6. The summed E-state index contributed by atoms with van der Waals surface area (Å²) in [5, 5.41) is 10.2. The normalized spacial score (nSPS) is 14.8. The average molecular weight is 832 g/mol. The molecule has 0 radical (unpaired) electrons. The standard InChI is InChI=1S/C47H78NO9P/c1-3-5-7-9-11-13-15-17-18-19-20-22-24-26-28-30-34-38-46(50)54-42-45(43-56-58(52,53)55-41-40-48)57-47(51)39-35-31-33-37-44(49)36-32-29-27-25-23-21-16-14-12-10-8-6-4-2/h6,8,11-14,17-18,21,23,27,29,31-33,36,44-45,49H,3-5,7,9-10,15-16,19-20,22,24-26,28,30,34-35,37-43,48H2,1-2H3,(H,52,53)/b8-6-,13-11-,14-12-,18-17-,23-21-,29-27-,33-31-,36-32-/t44?,45-/m1/s1. The van der Waals surface area contributed by atoms with Crippen molar-refractivity contribution in [3.05, 3.63) is 97.2 Å². The Labute approximate surface area is 351 Å². The first-order valence-electron chi connectivity index (χ1n) is 21.8. The summed E-state index contributed by atoms with van der Waals surface area (Å²) < 4.78 is 32.6. The molecule has 3 atom stereocenters. The molecule has 0 amide bonds. The molecule has 0 aromatic heterocycles. The van der Waals surface area contributed by atoms with E-state index >= 15 is 0 Å². The van der Waals surface area contributed by atoms with Gasteiger partial charge in [-0.1, -0.05) is 156 Å². The molecule has 58 heavy (non-hydrogen) atoms. The van der Waals surface area contributed by atoms with Crippen molar-refractivity contribution in [2.45, 2.75) is 161 Å². The Hall–Kier alpha value is -3.11. The van der Waals surface area contributed by atoms with Gasteiger partial charge in [0.1, 0.15) is 6.61 Å². The van der Waals surface area contributed by atoms with Crippen LogP contribution in [-0.2, 0) is 32.7 Å². The van der Waals surface area contributed by atoms with Gasteiger partial charge in [-0.3, -0.25) is 18.6 Å². The summed E-state index contributed by atoms with van der Waals surface area (Å²) in [7, 11) is -4.43. The van der Waals surface area contributed by atoms with Crippen LogP contribution >= 0.6 is 7.82 Å². The Bertz CT molecular complexity index is 1280. The van der Waals surface area contributed by atoms with Gasteiger partial charge in [0.15, 0.2) is 6.10 Å². The summed E-state index contributed by atoms with van der Waals surface area (Å²) in [6.45, 7) is 3.35. The molecule has 0 aliphatic heterocycles. The molecule has 0 aromatic rings. The number of phosphoric acid groups is 1. The van der Waals surface area contributed by atoms with E-state index in [4.69, 9.17) is 24.3 Å². The highest BCUT2D eigenvalue weighted by molar-refractivity contribution is 7.47. The number of rotatable bonds is 39. The van der Waals surface area contributed by atoms with Crippen molar-refractivity contribution < 1.29 is 42.7 Å². The van der Waals surface area contributed by atoms with E-state index in [2.05, 4.69) is 74.6 Å². The van der Waals surface area contributed by atoms with Crippen LogP contribution in [0.5, 0.6) is 0 Å². The predicted molar refractivity (Wildman–Crippen MR) is 239 cm³/mol. The Morgan fingerprint density at radius 3 is 1.83 bits per heavy atom. The molecule has 0 fully saturated rings. The van der Waals surface area contributed by atoms with Gasteiger partial charge in [-0.25, -0.2) is 4.57 Å². The summed E-state index contributed by atoms with van der Waals surface area (Å²) in [5.74, 6) is -1.03. The molecule has 11 heteroatoms. The number of aliphatic hydroxyl groups excluding tert-OH is 1. The molecule has 0 aromatic carbocycles. The Kier molecular flexibility index (Phi) is 39.8. The highest BCUT2D eigenvalue weighted by atomic mass is 31.2. The molecule has 0 bridgehead atoms. The van der Waals surface area contributed by atoms with Crippen LogP contribution in [0.1, 0.15) is 149 Å². The van der Waals surface area contributed by atoms with E-state index in [0.717, 1.165) is 57.8 Å². The fourth-order valence-electron chi connectivity index (χ4n) is 5.30. The Morgan fingerprint density at radius 2 is 1.19 bits per heavy atom. The van der Waals surface area contributed by atoms with Crippen LogP contribution in [0.3, 0.4) is 0 Å². The van der Waals surface area contributed by atoms with E-state index in [1.54, 1.807) is 18.2 Å². The Morgan fingerprint density at radius 1 is 0.621 bits per heavy atom. The molecule has 0 aliphatic carbocycles. The number of carbonyl (C=O) groups is 2. The molecule has 10 nitrogen and oxygen atoms in total. The van der Waals surface area contributed by atoms with Gasteiger partial charge in [-0.15, -0.1) is 0 Å². The number of hydrogen-bond acceptors (Lipinski definition) is 9. The maximum absolute atomic E-state index is 12.6.